The van der Waals surface area contributed by atoms with Crippen molar-refractivity contribution in [1.29, 1.82) is 0 Å². The van der Waals surface area contributed by atoms with E-state index in [0.717, 1.165) is 12.1 Å². The lowest BCUT2D eigenvalue weighted by Gasteiger charge is -2.05. The molecule has 0 bridgehead atoms. The number of aromatic nitrogens is 2. The molecular weight excluding hydrogens is 326 g/mol. The lowest BCUT2D eigenvalue weighted by molar-refractivity contribution is -0.137. The van der Waals surface area contributed by atoms with Gasteiger partial charge in [0.25, 0.3) is 0 Å². The van der Waals surface area contributed by atoms with Crippen molar-refractivity contribution >= 4 is 5.69 Å². The molecule has 0 radical (unpaired) electrons. The zero-order valence-electron chi connectivity index (χ0n) is 12.1. The molecule has 24 heavy (non-hydrogen) atoms. The maximum Gasteiger partial charge on any atom is 0.416 e. The second-order valence-electron chi connectivity index (χ2n) is 4.95. The molecule has 1 heterocycles. The number of rotatable bonds is 4. The van der Waals surface area contributed by atoms with Crippen LogP contribution in [-0.4, -0.2) is 10.1 Å². The number of nitrogens with one attached hydrogen (secondary N) is 1. The summed E-state index contributed by atoms with van der Waals surface area (Å²) in [5.74, 6) is 0.108. The highest BCUT2D eigenvalue weighted by molar-refractivity contribution is 5.55. The molecule has 8 heteroatoms. The summed E-state index contributed by atoms with van der Waals surface area (Å²) in [4.78, 5) is 4.11. The van der Waals surface area contributed by atoms with Crippen molar-refractivity contribution in [2.24, 2.45) is 0 Å². The van der Waals surface area contributed by atoms with Crippen LogP contribution in [0.1, 0.15) is 11.5 Å². The first-order valence-corrected chi connectivity index (χ1v) is 6.91. The smallest absolute Gasteiger partial charge is 0.376 e. The van der Waals surface area contributed by atoms with Gasteiger partial charge in [0.2, 0.25) is 11.7 Å². The van der Waals surface area contributed by atoms with Gasteiger partial charge in [-0.2, -0.15) is 18.2 Å². The lowest BCUT2D eigenvalue weighted by atomic mass is 10.1. The van der Waals surface area contributed by atoms with Gasteiger partial charge in [-0.3, -0.25) is 0 Å². The van der Waals surface area contributed by atoms with Gasteiger partial charge in [0.15, 0.2) is 0 Å². The summed E-state index contributed by atoms with van der Waals surface area (Å²) in [7, 11) is 0. The van der Waals surface area contributed by atoms with Crippen molar-refractivity contribution in [3.63, 3.8) is 0 Å². The third-order valence-electron chi connectivity index (χ3n) is 3.23. The molecule has 0 unspecified atom stereocenters. The maximum absolute atomic E-state index is 12.8. The monoisotopic (exact) mass is 337 g/mol. The standard InChI is InChI=1S/C16H11F4N3O/c17-12-5-7-13(8-6-12)21-9-14-22-15(23-24-14)10-1-3-11(4-2-10)16(18,19)20/h1-8,21H,9H2. The van der Waals surface area contributed by atoms with E-state index in [9.17, 15) is 17.6 Å². The van der Waals surface area contributed by atoms with Gasteiger partial charge in [-0.05, 0) is 36.4 Å². The number of hydrogen-bond acceptors (Lipinski definition) is 4. The summed E-state index contributed by atoms with van der Waals surface area (Å²) >= 11 is 0. The van der Waals surface area contributed by atoms with Crippen LogP contribution < -0.4 is 5.32 Å². The van der Waals surface area contributed by atoms with Gasteiger partial charge in [-0.15, -0.1) is 0 Å². The molecule has 0 fully saturated rings. The molecule has 124 valence electrons. The average Bonchev–Trinajstić information content (AvgIpc) is 3.03. The first-order valence-electron chi connectivity index (χ1n) is 6.91. The zero-order valence-corrected chi connectivity index (χ0v) is 12.1. The SMILES string of the molecule is Fc1ccc(NCc2nc(-c3ccc(C(F)(F)F)cc3)no2)cc1. The van der Waals surface area contributed by atoms with Gasteiger partial charge in [-0.1, -0.05) is 17.3 Å². The first kappa shape index (κ1) is 16.0. The number of nitrogens with zero attached hydrogens (tertiary/aromatic N) is 2. The summed E-state index contributed by atoms with van der Waals surface area (Å²) in [6, 6.07) is 10.2. The van der Waals surface area contributed by atoms with Crippen LogP contribution in [0.15, 0.2) is 53.1 Å². The molecule has 3 rings (SSSR count). The molecule has 0 saturated heterocycles. The predicted molar refractivity (Wildman–Crippen MR) is 78.5 cm³/mol. The summed E-state index contributed by atoms with van der Waals surface area (Å²) in [6.45, 7) is 0.208. The van der Waals surface area contributed by atoms with E-state index in [1.165, 1.54) is 24.3 Å². The first-order chi connectivity index (χ1) is 11.4. The average molecular weight is 337 g/mol. The number of hydrogen-bond donors (Lipinski definition) is 1. The molecule has 3 aromatic rings. The quantitative estimate of drug-likeness (QED) is 0.712. The normalized spacial score (nSPS) is 11.5. The second-order valence-corrected chi connectivity index (χ2v) is 4.95. The Hall–Kier alpha value is -2.90. The fraction of sp³-hybridized carbons (Fsp3) is 0.125. The van der Waals surface area contributed by atoms with Crippen molar-refractivity contribution in [3.05, 3.63) is 65.8 Å². The Balaban J connectivity index is 1.68. The van der Waals surface area contributed by atoms with Crippen LogP contribution in [-0.2, 0) is 12.7 Å². The van der Waals surface area contributed by atoms with Crippen LogP contribution in [0.4, 0.5) is 23.2 Å². The fourth-order valence-corrected chi connectivity index (χ4v) is 2.00. The van der Waals surface area contributed by atoms with E-state index in [-0.39, 0.29) is 24.1 Å². The molecule has 0 amide bonds. The van der Waals surface area contributed by atoms with Crippen LogP contribution in [0.3, 0.4) is 0 Å². The highest BCUT2D eigenvalue weighted by Crippen LogP contribution is 2.30. The summed E-state index contributed by atoms with van der Waals surface area (Å²) < 4.78 is 55.4. The molecule has 0 aliphatic carbocycles. The maximum atomic E-state index is 12.8. The van der Waals surface area contributed by atoms with Gasteiger partial charge < -0.3 is 9.84 Å². The number of alkyl halides is 3. The van der Waals surface area contributed by atoms with Crippen molar-refractivity contribution < 1.29 is 22.1 Å². The Morgan fingerprint density at radius 3 is 2.25 bits per heavy atom. The third-order valence-corrected chi connectivity index (χ3v) is 3.23. The molecule has 0 aliphatic rings. The molecule has 4 nitrogen and oxygen atoms in total. The molecule has 1 aromatic heterocycles. The van der Waals surface area contributed by atoms with E-state index in [1.54, 1.807) is 12.1 Å². The lowest BCUT2D eigenvalue weighted by Crippen LogP contribution is -2.04. The van der Waals surface area contributed by atoms with Crippen LogP contribution in [0.2, 0.25) is 0 Å². The van der Waals surface area contributed by atoms with Crippen molar-refractivity contribution in [2.45, 2.75) is 12.7 Å². The molecule has 1 N–H and O–H groups in total. The largest absolute Gasteiger partial charge is 0.416 e. The van der Waals surface area contributed by atoms with E-state index in [2.05, 4.69) is 15.5 Å². The van der Waals surface area contributed by atoms with E-state index < -0.39 is 11.7 Å². The fourth-order valence-electron chi connectivity index (χ4n) is 2.00. The van der Waals surface area contributed by atoms with Gasteiger partial charge >= 0.3 is 6.18 Å². The van der Waals surface area contributed by atoms with Crippen LogP contribution in [0.5, 0.6) is 0 Å². The van der Waals surface area contributed by atoms with E-state index >= 15 is 0 Å². The molecule has 2 aromatic carbocycles. The Morgan fingerprint density at radius 1 is 0.958 bits per heavy atom. The van der Waals surface area contributed by atoms with E-state index in [1.807, 2.05) is 0 Å². The minimum atomic E-state index is -4.39. The Kier molecular flexibility index (Phi) is 4.20. The molecular formula is C16H11F4N3O. The van der Waals surface area contributed by atoms with Crippen molar-refractivity contribution in [1.82, 2.24) is 10.1 Å². The van der Waals surface area contributed by atoms with Gasteiger partial charge in [0, 0.05) is 11.3 Å². The van der Waals surface area contributed by atoms with Crippen molar-refractivity contribution in [3.8, 4) is 11.4 Å². The Bertz CT molecular complexity index is 811. The number of benzene rings is 2. The topological polar surface area (TPSA) is 51.0 Å². The predicted octanol–water partition coefficient (Wildman–Crippen LogP) is 4.51. The van der Waals surface area contributed by atoms with E-state index in [0.29, 0.717) is 11.3 Å². The summed E-state index contributed by atoms with van der Waals surface area (Å²) in [6.07, 6.45) is -4.39. The highest BCUT2D eigenvalue weighted by atomic mass is 19.4. The summed E-state index contributed by atoms with van der Waals surface area (Å²) in [5, 5.41) is 6.71. The molecule has 0 atom stereocenters. The third kappa shape index (κ3) is 3.70. The molecule has 0 saturated carbocycles. The zero-order chi connectivity index (χ0) is 17.2. The number of halogens is 4. The van der Waals surface area contributed by atoms with Crippen LogP contribution in [0, 0.1) is 5.82 Å². The highest BCUT2D eigenvalue weighted by Gasteiger charge is 2.30. The minimum Gasteiger partial charge on any atom is -0.376 e. The van der Waals surface area contributed by atoms with Crippen LogP contribution >= 0.6 is 0 Å². The van der Waals surface area contributed by atoms with Gasteiger partial charge in [-0.25, -0.2) is 4.39 Å². The molecule has 0 spiro atoms. The minimum absolute atomic E-state index is 0.194. The summed E-state index contributed by atoms with van der Waals surface area (Å²) in [5.41, 5.74) is 0.346. The molecule has 0 aliphatic heterocycles. The van der Waals surface area contributed by atoms with Gasteiger partial charge in [0.1, 0.15) is 5.82 Å². The van der Waals surface area contributed by atoms with Crippen molar-refractivity contribution in [2.75, 3.05) is 5.32 Å². The van der Waals surface area contributed by atoms with E-state index in [4.69, 9.17) is 4.52 Å². The Labute approximate surface area is 134 Å². The van der Waals surface area contributed by atoms with Crippen LogP contribution in [0.25, 0.3) is 11.4 Å². The number of anilines is 1. The van der Waals surface area contributed by atoms with Gasteiger partial charge in [0.05, 0.1) is 12.1 Å². The second kappa shape index (κ2) is 6.31. The Morgan fingerprint density at radius 2 is 1.62 bits per heavy atom.